The average Bonchev–Trinajstić information content (AvgIpc) is 3.17. The van der Waals surface area contributed by atoms with Crippen LogP contribution in [0.1, 0.15) is 36.8 Å². The first-order chi connectivity index (χ1) is 14.5. The van der Waals surface area contributed by atoms with E-state index in [2.05, 4.69) is 25.4 Å². The van der Waals surface area contributed by atoms with Gasteiger partial charge in [-0.2, -0.15) is 9.61 Å². The Morgan fingerprint density at radius 1 is 1.27 bits per heavy atom. The van der Waals surface area contributed by atoms with Gasteiger partial charge in [-0.25, -0.2) is 8.78 Å². The predicted octanol–water partition coefficient (Wildman–Crippen LogP) is 2.84. The van der Waals surface area contributed by atoms with Crippen molar-refractivity contribution in [3.8, 4) is 0 Å². The third kappa shape index (κ3) is 3.45. The number of hydrogen-bond donors (Lipinski definition) is 1. The molecule has 0 amide bonds. The first-order valence-corrected chi connectivity index (χ1v) is 9.24. The van der Waals surface area contributed by atoms with Gasteiger partial charge in [-0.1, -0.05) is 12.1 Å². The topological polar surface area (TPSA) is 97.8 Å². The third-order valence-electron chi connectivity index (χ3n) is 4.69. The zero-order chi connectivity index (χ0) is 21.3. The fourth-order valence-electron chi connectivity index (χ4n) is 3.19. The fraction of sp³-hybridized carbons (Fsp3) is 0.250. The minimum absolute atomic E-state index is 0.0594. The van der Waals surface area contributed by atoms with Crippen molar-refractivity contribution in [2.45, 2.75) is 19.8 Å². The van der Waals surface area contributed by atoms with Crippen molar-refractivity contribution in [3.05, 3.63) is 65.2 Å². The van der Waals surface area contributed by atoms with E-state index in [-0.39, 0.29) is 35.5 Å². The van der Waals surface area contributed by atoms with Crippen LogP contribution in [0.5, 0.6) is 0 Å². The normalized spacial score (nSPS) is 13.2. The molecule has 0 radical (unpaired) electrons. The van der Waals surface area contributed by atoms with E-state index in [1.54, 1.807) is 38.1 Å². The standard InChI is InChI=1S/C20H18F2N6O2/c1-11(18-14(21)10-16-13(19(18)22)4-3-7-23-16)20-25-24-17-6-5-15(26-28(17)20)12(2)27-30-9-8-29/h3-7,10-11,29H,8-9H2,1-2H3/t11-/m0/s1. The van der Waals surface area contributed by atoms with Gasteiger partial charge in [0.2, 0.25) is 0 Å². The lowest BCUT2D eigenvalue weighted by Gasteiger charge is -2.14. The monoisotopic (exact) mass is 412 g/mol. The van der Waals surface area contributed by atoms with E-state index < -0.39 is 17.6 Å². The smallest absolute Gasteiger partial charge is 0.177 e. The van der Waals surface area contributed by atoms with Crippen molar-refractivity contribution < 1.29 is 18.7 Å². The molecule has 0 aliphatic rings. The number of nitrogens with zero attached hydrogens (tertiary/aromatic N) is 6. The molecule has 1 N–H and O–H groups in total. The van der Waals surface area contributed by atoms with Crippen molar-refractivity contribution in [2.75, 3.05) is 13.2 Å². The molecule has 3 heterocycles. The number of hydrogen-bond acceptors (Lipinski definition) is 7. The first kappa shape index (κ1) is 19.8. The molecule has 0 saturated carbocycles. The molecular weight excluding hydrogens is 394 g/mol. The zero-order valence-corrected chi connectivity index (χ0v) is 16.3. The molecule has 154 valence electrons. The van der Waals surface area contributed by atoms with Crippen molar-refractivity contribution >= 4 is 22.3 Å². The van der Waals surface area contributed by atoms with Crippen LogP contribution < -0.4 is 0 Å². The average molecular weight is 412 g/mol. The summed E-state index contributed by atoms with van der Waals surface area (Å²) in [5, 5.41) is 25.5. The molecule has 8 nitrogen and oxygen atoms in total. The van der Waals surface area contributed by atoms with Crippen LogP contribution in [-0.4, -0.2) is 48.8 Å². The van der Waals surface area contributed by atoms with Crippen LogP contribution in [0.25, 0.3) is 16.6 Å². The van der Waals surface area contributed by atoms with Crippen molar-refractivity contribution in [3.63, 3.8) is 0 Å². The summed E-state index contributed by atoms with van der Waals surface area (Å²) in [5.74, 6) is -1.89. The molecule has 0 unspecified atom stereocenters. The first-order valence-electron chi connectivity index (χ1n) is 9.24. The summed E-state index contributed by atoms with van der Waals surface area (Å²) in [4.78, 5) is 8.98. The van der Waals surface area contributed by atoms with Crippen LogP contribution in [0.3, 0.4) is 0 Å². The molecular formula is C20H18F2N6O2. The Balaban J connectivity index is 1.79. The van der Waals surface area contributed by atoms with Gasteiger partial charge in [0.1, 0.15) is 29.6 Å². The molecule has 10 heteroatoms. The highest BCUT2D eigenvalue weighted by molar-refractivity contribution is 5.96. The number of fused-ring (bicyclic) bond motifs is 2. The number of oxime groups is 1. The molecule has 3 aromatic heterocycles. The van der Waals surface area contributed by atoms with Crippen LogP contribution >= 0.6 is 0 Å². The number of aromatic nitrogens is 5. The largest absolute Gasteiger partial charge is 0.393 e. The van der Waals surface area contributed by atoms with Crippen molar-refractivity contribution in [1.29, 1.82) is 0 Å². The second-order valence-electron chi connectivity index (χ2n) is 6.66. The molecule has 30 heavy (non-hydrogen) atoms. The zero-order valence-electron chi connectivity index (χ0n) is 16.3. The number of benzene rings is 1. The van der Waals surface area contributed by atoms with Crippen LogP contribution in [0, 0.1) is 11.6 Å². The van der Waals surface area contributed by atoms with Crippen molar-refractivity contribution in [2.24, 2.45) is 5.16 Å². The lowest BCUT2D eigenvalue weighted by molar-refractivity contribution is 0.0986. The molecule has 4 rings (SSSR count). The Morgan fingerprint density at radius 3 is 2.90 bits per heavy atom. The third-order valence-corrected chi connectivity index (χ3v) is 4.69. The Labute approximate surface area is 169 Å². The fourth-order valence-corrected chi connectivity index (χ4v) is 3.19. The van der Waals surface area contributed by atoms with Crippen LogP contribution in [0.4, 0.5) is 8.78 Å². The number of pyridine rings is 1. The van der Waals surface area contributed by atoms with Gasteiger partial charge < -0.3 is 9.94 Å². The number of aliphatic hydroxyl groups excluding tert-OH is 1. The number of halogens is 2. The van der Waals surface area contributed by atoms with Gasteiger partial charge in [-0.15, -0.1) is 10.2 Å². The highest BCUT2D eigenvalue weighted by Gasteiger charge is 2.25. The maximum absolute atomic E-state index is 15.1. The summed E-state index contributed by atoms with van der Waals surface area (Å²) < 4.78 is 31.4. The van der Waals surface area contributed by atoms with E-state index in [0.29, 0.717) is 17.1 Å². The molecule has 4 aromatic rings. The van der Waals surface area contributed by atoms with Gasteiger partial charge >= 0.3 is 0 Å². The van der Waals surface area contributed by atoms with E-state index in [9.17, 15) is 4.39 Å². The Kier molecular flexibility index (Phi) is 5.32. The van der Waals surface area contributed by atoms with Crippen LogP contribution in [0.2, 0.25) is 0 Å². The Hall–Kier alpha value is -3.53. The number of aliphatic hydroxyl groups is 1. The van der Waals surface area contributed by atoms with Gasteiger partial charge in [-0.05, 0) is 31.2 Å². The number of rotatable bonds is 6. The second-order valence-corrected chi connectivity index (χ2v) is 6.66. The predicted molar refractivity (Wildman–Crippen MR) is 105 cm³/mol. The Bertz CT molecular complexity index is 1260. The highest BCUT2D eigenvalue weighted by atomic mass is 19.1. The molecule has 0 aliphatic carbocycles. The lowest BCUT2D eigenvalue weighted by Crippen LogP contribution is -2.11. The summed E-state index contributed by atoms with van der Waals surface area (Å²) in [6.45, 7) is 3.23. The minimum Gasteiger partial charge on any atom is -0.393 e. The molecule has 1 aromatic carbocycles. The molecule has 0 saturated heterocycles. The maximum Gasteiger partial charge on any atom is 0.177 e. The van der Waals surface area contributed by atoms with E-state index in [1.165, 1.54) is 16.8 Å². The molecule has 0 fully saturated rings. The van der Waals surface area contributed by atoms with E-state index in [1.807, 2.05) is 0 Å². The quantitative estimate of drug-likeness (QED) is 0.297. The molecule has 0 bridgehead atoms. The van der Waals surface area contributed by atoms with Crippen LogP contribution in [0.15, 0.2) is 41.7 Å². The van der Waals surface area contributed by atoms with Crippen molar-refractivity contribution in [1.82, 2.24) is 24.8 Å². The van der Waals surface area contributed by atoms with Crippen LogP contribution in [-0.2, 0) is 4.84 Å². The van der Waals surface area contributed by atoms with E-state index in [0.717, 1.165) is 0 Å². The summed E-state index contributed by atoms with van der Waals surface area (Å²) in [6.07, 6.45) is 1.48. The van der Waals surface area contributed by atoms with E-state index >= 15 is 4.39 Å². The summed E-state index contributed by atoms with van der Waals surface area (Å²) in [6, 6.07) is 7.72. The molecule has 0 aliphatic heterocycles. The van der Waals surface area contributed by atoms with E-state index in [4.69, 9.17) is 9.94 Å². The second kappa shape index (κ2) is 8.07. The molecule has 0 spiro atoms. The van der Waals surface area contributed by atoms with Gasteiger partial charge in [0.25, 0.3) is 0 Å². The highest BCUT2D eigenvalue weighted by Crippen LogP contribution is 2.31. The summed E-state index contributed by atoms with van der Waals surface area (Å²) >= 11 is 0. The minimum atomic E-state index is -0.768. The van der Waals surface area contributed by atoms with Gasteiger partial charge in [0.15, 0.2) is 11.5 Å². The SMILES string of the molecule is CC(=NOCCO)c1ccc2nnc([C@@H](C)c3c(F)cc4ncccc4c3F)n2n1. The lowest BCUT2D eigenvalue weighted by atomic mass is 9.97. The summed E-state index contributed by atoms with van der Waals surface area (Å²) in [7, 11) is 0. The maximum atomic E-state index is 15.1. The summed E-state index contributed by atoms with van der Waals surface area (Å²) in [5.41, 5.74) is 1.47. The Morgan fingerprint density at radius 2 is 2.10 bits per heavy atom. The van der Waals surface area contributed by atoms with Gasteiger partial charge in [-0.3, -0.25) is 4.98 Å². The van der Waals surface area contributed by atoms with Gasteiger partial charge in [0.05, 0.1) is 12.1 Å². The van der Waals surface area contributed by atoms with Gasteiger partial charge in [0, 0.05) is 29.1 Å². The molecule has 1 atom stereocenters.